The molecular formula is C19H28N4O4. The zero-order chi connectivity index (χ0) is 19.1. The Morgan fingerprint density at radius 1 is 1.07 bits per heavy atom. The summed E-state index contributed by atoms with van der Waals surface area (Å²) in [7, 11) is 0. The Hall–Kier alpha value is -2.32. The van der Waals surface area contributed by atoms with Gasteiger partial charge in [-0.1, -0.05) is 12.1 Å². The van der Waals surface area contributed by atoms with Crippen LogP contribution in [0.1, 0.15) is 6.92 Å². The molecule has 2 amide bonds. The van der Waals surface area contributed by atoms with Gasteiger partial charge in [-0.15, -0.1) is 0 Å². The second-order valence-electron chi connectivity index (χ2n) is 6.63. The predicted octanol–water partition coefficient (Wildman–Crippen LogP) is 1.24. The minimum atomic E-state index is -0.277. The van der Waals surface area contributed by atoms with E-state index in [4.69, 9.17) is 9.47 Å². The van der Waals surface area contributed by atoms with Crippen molar-refractivity contribution in [2.75, 3.05) is 75.9 Å². The number of para-hydroxylation sites is 2. The van der Waals surface area contributed by atoms with Gasteiger partial charge in [0.25, 0.3) is 0 Å². The van der Waals surface area contributed by atoms with Crippen molar-refractivity contribution in [1.29, 1.82) is 0 Å². The van der Waals surface area contributed by atoms with Gasteiger partial charge >= 0.3 is 6.09 Å². The summed E-state index contributed by atoms with van der Waals surface area (Å²) in [4.78, 5) is 30.3. The van der Waals surface area contributed by atoms with Crippen molar-refractivity contribution in [3.05, 3.63) is 24.3 Å². The number of piperazine rings is 1. The molecule has 3 rings (SSSR count). The van der Waals surface area contributed by atoms with Crippen LogP contribution >= 0.6 is 0 Å². The van der Waals surface area contributed by atoms with Gasteiger partial charge in [0.15, 0.2) is 0 Å². The molecule has 2 heterocycles. The van der Waals surface area contributed by atoms with E-state index in [1.165, 1.54) is 0 Å². The standard InChI is InChI=1S/C19H28N4O4/c1-2-27-19(25)23-9-7-21(8-10-23)15-18(24)20-16-5-3-4-6-17(16)22-11-13-26-14-12-22/h3-6H,2,7-15H2,1H3,(H,20,24). The van der Waals surface area contributed by atoms with Crippen LogP contribution in [0.2, 0.25) is 0 Å². The number of anilines is 2. The number of amides is 2. The van der Waals surface area contributed by atoms with E-state index in [0.29, 0.717) is 52.5 Å². The van der Waals surface area contributed by atoms with Gasteiger partial charge in [-0.3, -0.25) is 9.69 Å². The Morgan fingerprint density at radius 3 is 2.48 bits per heavy atom. The minimum absolute atomic E-state index is 0.0414. The van der Waals surface area contributed by atoms with Gasteiger partial charge in [-0.05, 0) is 19.1 Å². The van der Waals surface area contributed by atoms with Gasteiger partial charge in [0, 0.05) is 39.3 Å². The summed E-state index contributed by atoms with van der Waals surface area (Å²) in [6.07, 6.45) is -0.277. The molecule has 0 saturated carbocycles. The summed E-state index contributed by atoms with van der Waals surface area (Å²) in [5.41, 5.74) is 1.86. The molecule has 8 heteroatoms. The number of nitrogens with zero attached hydrogens (tertiary/aromatic N) is 3. The molecule has 2 aliphatic rings. The highest BCUT2D eigenvalue weighted by Crippen LogP contribution is 2.26. The fourth-order valence-corrected chi connectivity index (χ4v) is 3.36. The quantitative estimate of drug-likeness (QED) is 0.833. The number of rotatable bonds is 5. The number of carbonyl (C=O) groups excluding carboxylic acids is 2. The van der Waals surface area contributed by atoms with Gasteiger partial charge in [-0.25, -0.2) is 4.79 Å². The maximum atomic E-state index is 12.5. The zero-order valence-electron chi connectivity index (χ0n) is 15.9. The van der Waals surface area contributed by atoms with Crippen molar-refractivity contribution in [3.8, 4) is 0 Å². The first kappa shape index (κ1) is 19.4. The van der Waals surface area contributed by atoms with E-state index in [1.54, 1.807) is 11.8 Å². The topological polar surface area (TPSA) is 74.4 Å². The fraction of sp³-hybridized carbons (Fsp3) is 0.579. The summed E-state index contributed by atoms with van der Waals surface area (Å²) in [6, 6.07) is 7.87. The first-order valence-electron chi connectivity index (χ1n) is 9.53. The van der Waals surface area contributed by atoms with Crippen LogP contribution in [0.4, 0.5) is 16.2 Å². The summed E-state index contributed by atoms with van der Waals surface area (Å²) in [5.74, 6) is -0.0414. The van der Waals surface area contributed by atoms with Crippen LogP contribution in [-0.2, 0) is 14.3 Å². The highest BCUT2D eigenvalue weighted by atomic mass is 16.6. The monoisotopic (exact) mass is 376 g/mol. The molecule has 0 bridgehead atoms. The van der Waals surface area contributed by atoms with Crippen molar-refractivity contribution in [3.63, 3.8) is 0 Å². The summed E-state index contributed by atoms with van der Waals surface area (Å²) >= 11 is 0. The van der Waals surface area contributed by atoms with Crippen molar-refractivity contribution >= 4 is 23.4 Å². The lowest BCUT2D eigenvalue weighted by Gasteiger charge is -2.34. The highest BCUT2D eigenvalue weighted by Gasteiger charge is 2.23. The smallest absolute Gasteiger partial charge is 0.409 e. The maximum Gasteiger partial charge on any atom is 0.409 e. The van der Waals surface area contributed by atoms with Crippen molar-refractivity contribution in [2.24, 2.45) is 0 Å². The molecular weight excluding hydrogens is 348 g/mol. The van der Waals surface area contributed by atoms with E-state index in [-0.39, 0.29) is 12.0 Å². The Kier molecular flexibility index (Phi) is 6.89. The van der Waals surface area contributed by atoms with Gasteiger partial charge in [0.05, 0.1) is 37.7 Å². The van der Waals surface area contributed by atoms with Crippen LogP contribution in [-0.4, -0.2) is 87.4 Å². The number of ether oxygens (including phenoxy) is 2. The SMILES string of the molecule is CCOC(=O)N1CCN(CC(=O)Nc2ccccc2N2CCOCC2)CC1. The predicted molar refractivity (Wildman–Crippen MR) is 103 cm³/mol. The Bertz CT molecular complexity index is 640. The molecule has 27 heavy (non-hydrogen) atoms. The Labute approximate surface area is 160 Å². The molecule has 0 atom stereocenters. The van der Waals surface area contributed by atoms with Crippen molar-refractivity contribution < 1.29 is 19.1 Å². The second kappa shape index (κ2) is 9.57. The van der Waals surface area contributed by atoms with Gasteiger partial charge in [-0.2, -0.15) is 0 Å². The molecule has 2 saturated heterocycles. The van der Waals surface area contributed by atoms with E-state index in [1.807, 2.05) is 24.3 Å². The third-order valence-electron chi connectivity index (χ3n) is 4.80. The van der Waals surface area contributed by atoms with Crippen LogP contribution in [0.5, 0.6) is 0 Å². The number of hydrogen-bond acceptors (Lipinski definition) is 6. The minimum Gasteiger partial charge on any atom is -0.450 e. The van der Waals surface area contributed by atoms with E-state index in [0.717, 1.165) is 24.5 Å². The molecule has 1 aromatic rings. The zero-order valence-corrected chi connectivity index (χ0v) is 15.9. The van der Waals surface area contributed by atoms with Crippen LogP contribution in [0, 0.1) is 0 Å². The first-order valence-corrected chi connectivity index (χ1v) is 9.53. The van der Waals surface area contributed by atoms with E-state index in [2.05, 4.69) is 15.1 Å². The summed E-state index contributed by atoms with van der Waals surface area (Å²) in [6.45, 7) is 8.03. The highest BCUT2D eigenvalue weighted by molar-refractivity contribution is 5.95. The normalized spacial score (nSPS) is 18.3. The van der Waals surface area contributed by atoms with Crippen LogP contribution < -0.4 is 10.2 Å². The van der Waals surface area contributed by atoms with Gasteiger partial charge in [0.2, 0.25) is 5.91 Å². The molecule has 0 radical (unpaired) electrons. The molecule has 148 valence electrons. The van der Waals surface area contributed by atoms with E-state index < -0.39 is 0 Å². The second-order valence-corrected chi connectivity index (χ2v) is 6.63. The number of nitrogens with one attached hydrogen (secondary N) is 1. The number of hydrogen-bond donors (Lipinski definition) is 1. The number of morpholine rings is 1. The Morgan fingerprint density at radius 2 is 1.78 bits per heavy atom. The number of benzene rings is 1. The lowest BCUT2D eigenvalue weighted by Crippen LogP contribution is -2.50. The molecule has 8 nitrogen and oxygen atoms in total. The van der Waals surface area contributed by atoms with Gasteiger partial charge < -0.3 is 24.6 Å². The van der Waals surface area contributed by atoms with E-state index >= 15 is 0 Å². The molecule has 0 spiro atoms. The van der Waals surface area contributed by atoms with Crippen molar-refractivity contribution in [2.45, 2.75) is 6.92 Å². The number of carbonyl (C=O) groups is 2. The van der Waals surface area contributed by atoms with E-state index in [9.17, 15) is 9.59 Å². The molecule has 0 unspecified atom stereocenters. The van der Waals surface area contributed by atoms with Crippen LogP contribution in [0.3, 0.4) is 0 Å². The molecule has 0 aliphatic carbocycles. The summed E-state index contributed by atoms with van der Waals surface area (Å²) < 4.78 is 10.4. The average Bonchev–Trinajstić information content (AvgIpc) is 2.70. The maximum absolute atomic E-state index is 12.5. The van der Waals surface area contributed by atoms with Crippen LogP contribution in [0.15, 0.2) is 24.3 Å². The average molecular weight is 376 g/mol. The molecule has 0 aromatic heterocycles. The lowest BCUT2D eigenvalue weighted by molar-refractivity contribution is -0.117. The Balaban J connectivity index is 1.51. The summed E-state index contributed by atoms with van der Waals surface area (Å²) in [5, 5.41) is 3.04. The largest absolute Gasteiger partial charge is 0.450 e. The first-order chi connectivity index (χ1) is 13.2. The molecule has 2 aliphatic heterocycles. The molecule has 1 N–H and O–H groups in total. The third kappa shape index (κ3) is 5.33. The van der Waals surface area contributed by atoms with Crippen LogP contribution in [0.25, 0.3) is 0 Å². The van der Waals surface area contributed by atoms with Crippen molar-refractivity contribution in [1.82, 2.24) is 9.80 Å². The lowest BCUT2D eigenvalue weighted by atomic mass is 10.2. The third-order valence-corrected chi connectivity index (χ3v) is 4.80. The molecule has 1 aromatic carbocycles. The fourth-order valence-electron chi connectivity index (χ4n) is 3.36. The molecule has 2 fully saturated rings. The van der Waals surface area contributed by atoms with Gasteiger partial charge in [0.1, 0.15) is 0 Å².